The zero-order valence-corrected chi connectivity index (χ0v) is 13.4. The van der Waals surface area contributed by atoms with E-state index >= 15 is 0 Å². The number of fused-ring (bicyclic) bond motifs is 1. The molecule has 0 amide bonds. The third-order valence-corrected chi connectivity index (χ3v) is 4.48. The van der Waals surface area contributed by atoms with Gasteiger partial charge in [-0.15, -0.1) is 0 Å². The monoisotopic (exact) mass is 356 g/mol. The van der Waals surface area contributed by atoms with Crippen LogP contribution in [0, 0.1) is 5.82 Å². The Balaban J connectivity index is 1.89. The van der Waals surface area contributed by atoms with E-state index in [0.29, 0.717) is 22.5 Å². The number of hydrogen-bond acceptors (Lipinski definition) is 4. The first-order chi connectivity index (χ1) is 10.1. The van der Waals surface area contributed by atoms with Gasteiger partial charge >= 0.3 is 0 Å². The Kier molecular flexibility index (Phi) is 4.14. The van der Waals surface area contributed by atoms with Gasteiger partial charge in [-0.2, -0.15) is 0 Å². The molecule has 2 heterocycles. The highest BCUT2D eigenvalue weighted by molar-refractivity contribution is 9.10. The van der Waals surface area contributed by atoms with Crippen molar-refractivity contribution in [2.75, 3.05) is 32.0 Å². The van der Waals surface area contributed by atoms with Crippen LogP contribution in [0.3, 0.4) is 0 Å². The Morgan fingerprint density at radius 2 is 2.33 bits per heavy atom. The quantitative estimate of drug-likeness (QED) is 0.916. The molecule has 1 atom stereocenters. The molecule has 5 nitrogen and oxygen atoms in total. The zero-order valence-electron chi connectivity index (χ0n) is 11.9. The summed E-state index contributed by atoms with van der Waals surface area (Å²) in [5.74, 6) is 0.0537. The highest BCUT2D eigenvalue weighted by atomic mass is 79.9. The lowest BCUT2D eigenvalue weighted by atomic mass is 10.2. The van der Waals surface area contributed by atoms with Gasteiger partial charge in [-0.25, -0.2) is 9.37 Å². The van der Waals surface area contributed by atoms with Gasteiger partial charge in [0.25, 0.3) is 0 Å². The molecule has 1 unspecified atom stereocenters. The number of imidazole rings is 1. The second kappa shape index (κ2) is 5.90. The van der Waals surface area contributed by atoms with Gasteiger partial charge in [-0.05, 0) is 28.5 Å². The summed E-state index contributed by atoms with van der Waals surface area (Å²) < 4.78 is 21.7. The fourth-order valence-corrected chi connectivity index (χ4v) is 3.04. The second-order valence-corrected chi connectivity index (χ2v) is 6.08. The predicted octanol–water partition coefficient (Wildman–Crippen LogP) is 2.24. The Hall–Kier alpha value is -1.18. The molecule has 0 aliphatic carbocycles. The highest BCUT2D eigenvalue weighted by Crippen LogP contribution is 2.26. The number of nitrogens with two attached hydrogens (primary N) is 1. The molecule has 2 aromatic rings. The van der Waals surface area contributed by atoms with Crippen molar-refractivity contribution in [3.63, 3.8) is 0 Å². The average molecular weight is 357 g/mol. The summed E-state index contributed by atoms with van der Waals surface area (Å²) in [5, 5.41) is 0. The Labute approximate surface area is 131 Å². The van der Waals surface area contributed by atoms with Gasteiger partial charge in [0.05, 0.1) is 34.8 Å². The van der Waals surface area contributed by atoms with Crippen molar-refractivity contribution in [2.45, 2.75) is 19.6 Å². The number of rotatable bonds is 3. The summed E-state index contributed by atoms with van der Waals surface area (Å²) in [7, 11) is 0. The Bertz CT molecular complexity index is 660. The number of halogens is 2. The molecule has 0 spiro atoms. The van der Waals surface area contributed by atoms with E-state index in [-0.39, 0.29) is 11.9 Å². The average Bonchev–Trinajstić information content (AvgIpc) is 2.76. The van der Waals surface area contributed by atoms with Crippen LogP contribution in [0.5, 0.6) is 0 Å². The molecule has 1 saturated heterocycles. The first-order valence-electron chi connectivity index (χ1n) is 7.03. The molecular formula is C14H18BrFN4O. The van der Waals surface area contributed by atoms with Gasteiger partial charge in [0, 0.05) is 19.2 Å². The van der Waals surface area contributed by atoms with Gasteiger partial charge in [-0.3, -0.25) is 4.90 Å². The van der Waals surface area contributed by atoms with Crippen molar-refractivity contribution in [2.24, 2.45) is 0 Å². The van der Waals surface area contributed by atoms with Crippen molar-refractivity contribution in [1.29, 1.82) is 0 Å². The lowest BCUT2D eigenvalue weighted by Gasteiger charge is -2.32. The molecule has 1 aliphatic rings. The first kappa shape index (κ1) is 14.7. The van der Waals surface area contributed by atoms with Crippen LogP contribution >= 0.6 is 15.9 Å². The second-order valence-electron chi connectivity index (χ2n) is 5.22. The summed E-state index contributed by atoms with van der Waals surface area (Å²) in [6.07, 6.45) is 0.0715. The maximum atomic E-state index is 13.6. The number of likely N-dealkylation sites (N-methyl/N-ethyl adjacent to an activating group) is 1. The van der Waals surface area contributed by atoms with Crippen LogP contribution in [-0.2, 0) is 11.3 Å². The number of nitrogens with zero attached hydrogens (tertiary/aromatic N) is 3. The minimum Gasteiger partial charge on any atom is -0.374 e. The van der Waals surface area contributed by atoms with E-state index in [1.807, 2.05) is 4.57 Å². The Morgan fingerprint density at radius 1 is 1.52 bits per heavy atom. The van der Waals surface area contributed by atoms with Crippen LogP contribution in [-0.4, -0.2) is 46.8 Å². The number of morpholine rings is 1. The minimum atomic E-state index is -0.335. The lowest BCUT2D eigenvalue weighted by Crippen LogP contribution is -2.44. The van der Waals surface area contributed by atoms with Crippen LogP contribution in [0.25, 0.3) is 11.0 Å². The van der Waals surface area contributed by atoms with Crippen molar-refractivity contribution in [3.05, 3.63) is 22.4 Å². The minimum absolute atomic E-state index is 0.0715. The summed E-state index contributed by atoms with van der Waals surface area (Å²) in [5.41, 5.74) is 7.37. The molecule has 0 radical (unpaired) electrons. The maximum absolute atomic E-state index is 13.6. The van der Waals surface area contributed by atoms with Crippen LogP contribution < -0.4 is 5.73 Å². The normalized spacial score (nSPS) is 20.2. The van der Waals surface area contributed by atoms with Crippen LogP contribution in [0.1, 0.15) is 6.92 Å². The van der Waals surface area contributed by atoms with E-state index in [4.69, 9.17) is 10.5 Å². The van der Waals surface area contributed by atoms with Gasteiger partial charge in [0.2, 0.25) is 5.95 Å². The molecule has 114 valence electrons. The summed E-state index contributed by atoms with van der Waals surface area (Å²) in [4.78, 5) is 6.58. The third kappa shape index (κ3) is 2.90. The molecule has 1 aliphatic heterocycles. The van der Waals surface area contributed by atoms with Gasteiger partial charge in [-0.1, -0.05) is 6.92 Å². The van der Waals surface area contributed by atoms with Crippen LogP contribution in [0.4, 0.5) is 10.3 Å². The van der Waals surface area contributed by atoms with Gasteiger partial charge < -0.3 is 15.0 Å². The van der Waals surface area contributed by atoms with E-state index in [9.17, 15) is 4.39 Å². The molecule has 21 heavy (non-hydrogen) atoms. The standard InChI is InChI=1S/C14H18BrFN4O/c1-2-19-3-4-21-9(7-19)8-20-13-5-10(15)11(16)6-12(13)18-14(20)17/h5-6,9H,2-4,7-8H2,1H3,(H2,17,18). The molecule has 7 heteroatoms. The first-order valence-corrected chi connectivity index (χ1v) is 7.82. The molecule has 1 aromatic carbocycles. The van der Waals surface area contributed by atoms with Crippen molar-refractivity contribution in [1.82, 2.24) is 14.5 Å². The lowest BCUT2D eigenvalue weighted by molar-refractivity contribution is -0.0335. The number of anilines is 1. The fraction of sp³-hybridized carbons (Fsp3) is 0.500. The Morgan fingerprint density at radius 3 is 3.10 bits per heavy atom. The molecule has 2 N–H and O–H groups in total. The number of nitrogen functional groups attached to an aromatic ring is 1. The van der Waals surface area contributed by atoms with E-state index in [1.54, 1.807) is 6.07 Å². The van der Waals surface area contributed by atoms with Crippen molar-refractivity contribution >= 4 is 32.9 Å². The van der Waals surface area contributed by atoms with Gasteiger partial charge in [0.1, 0.15) is 5.82 Å². The largest absolute Gasteiger partial charge is 0.374 e. The van der Waals surface area contributed by atoms with Crippen LogP contribution in [0.2, 0.25) is 0 Å². The molecule has 1 fully saturated rings. The van der Waals surface area contributed by atoms with E-state index < -0.39 is 0 Å². The number of benzene rings is 1. The molecule has 3 rings (SSSR count). The third-order valence-electron chi connectivity index (χ3n) is 3.88. The van der Waals surface area contributed by atoms with Gasteiger partial charge in [0.15, 0.2) is 0 Å². The number of hydrogen-bond donors (Lipinski definition) is 1. The fourth-order valence-electron chi connectivity index (χ4n) is 2.71. The molecular weight excluding hydrogens is 339 g/mol. The topological polar surface area (TPSA) is 56.3 Å². The van der Waals surface area contributed by atoms with Crippen molar-refractivity contribution < 1.29 is 9.13 Å². The van der Waals surface area contributed by atoms with E-state index in [1.165, 1.54) is 6.07 Å². The van der Waals surface area contributed by atoms with E-state index in [0.717, 1.165) is 31.8 Å². The summed E-state index contributed by atoms with van der Waals surface area (Å²) >= 11 is 3.21. The molecule has 0 bridgehead atoms. The van der Waals surface area contributed by atoms with Crippen LogP contribution in [0.15, 0.2) is 16.6 Å². The summed E-state index contributed by atoms with van der Waals surface area (Å²) in [6.45, 7) is 6.34. The summed E-state index contributed by atoms with van der Waals surface area (Å²) in [6, 6.07) is 3.11. The predicted molar refractivity (Wildman–Crippen MR) is 83.7 cm³/mol. The zero-order chi connectivity index (χ0) is 15.0. The maximum Gasteiger partial charge on any atom is 0.201 e. The van der Waals surface area contributed by atoms with E-state index in [2.05, 4.69) is 32.7 Å². The molecule has 1 aromatic heterocycles. The van der Waals surface area contributed by atoms with Crippen molar-refractivity contribution in [3.8, 4) is 0 Å². The smallest absolute Gasteiger partial charge is 0.201 e. The SMILES string of the molecule is CCN1CCOC(Cn2c(N)nc3cc(F)c(Br)cc32)C1. The number of ether oxygens (including phenoxy) is 1. The number of aromatic nitrogens is 2. The highest BCUT2D eigenvalue weighted by Gasteiger charge is 2.22. The molecule has 0 saturated carbocycles.